The molecule has 0 saturated carbocycles. The monoisotopic (exact) mass is 304 g/mol. The topological polar surface area (TPSA) is 79.7 Å². The van der Waals surface area contributed by atoms with Gasteiger partial charge in [-0.15, -0.1) is 6.58 Å². The van der Waals surface area contributed by atoms with E-state index in [-0.39, 0.29) is 23.3 Å². The molecular weight excluding hydrogens is 284 g/mol. The zero-order valence-electron chi connectivity index (χ0n) is 12.6. The fraction of sp³-hybridized carbons (Fsp3) is 0.438. The number of aromatic nitrogens is 1. The van der Waals surface area contributed by atoms with Crippen LogP contribution in [-0.4, -0.2) is 46.6 Å². The number of piperidine rings is 1. The lowest BCUT2D eigenvalue weighted by Gasteiger charge is -2.35. The molecule has 1 saturated heterocycles. The number of carbonyl (C=O) groups is 2. The molecular formula is C16H20N2O4. The summed E-state index contributed by atoms with van der Waals surface area (Å²) in [5.74, 6) is -1.13. The van der Waals surface area contributed by atoms with E-state index in [0.29, 0.717) is 12.3 Å². The molecule has 0 radical (unpaired) electrons. The van der Waals surface area contributed by atoms with Crippen LogP contribution < -0.4 is 4.74 Å². The molecule has 1 atom stereocenters. The summed E-state index contributed by atoms with van der Waals surface area (Å²) in [6.07, 6.45) is 5.47. The number of rotatable bonds is 5. The number of pyridine rings is 1. The first-order valence-corrected chi connectivity index (χ1v) is 7.28. The van der Waals surface area contributed by atoms with Gasteiger partial charge >= 0.3 is 5.97 Å². The maximum absolute atomic E-state index is 12.7. The van der Waals surface area contributed by atoms with E-state index in [1.807, 2.05) is 0 Å². The van der Waals surface area contributed by atoms with Crippen LogP contribution in [0.3, 0.4) is 0 Å². The molecule has 1 aliphatic heterocycles. The Morgan fingerprint density at radius 1 is 1.45 bits per heavy atom. The van der Waals surface area contributed by atoms with E-state index in [2.05, 4.69) is 11.6 Å². The normalized spacial score (nSPS) is 17.9. The molecule has 0 aliphatic carbocycles. The second kappa shape index (κ2) is 7.06. The molecule has 6 nitrogen and oxygen atoms in total. The highest BCUT2D eigenvalue weighted by Gasteiger charge is 2.28. The Balaban J connectivity index is 2.32. The zero-order chi connectivity index (χ0) is 16.1. The Bertz CT molecular complexity index is 586. The van der Waals surface area contributed by atoms with Crippen LogP contribution >= 0.6 is 0 Å². The summed E-state index contributed by atoms with van der Waals surface area (Å²) in [4.78, 5) is 29.6. The van der Waals surface area contributed by atoms with Gasteiger partial charge in [-0.2, -0.15) is 0 Å². The van der Waals surface area contributed by atoms with Crippen LogP contribution in [-0.2, 0) is 0 Å². The molecule has 0 aromatic carbocycles. The number of aromatic carboxylic acids is 1. The molecule has 1 aliphatic rings. The Morgan fingerprint density at radius 3 is 2.82 bits per heavy atom. The van der Waals surface area contributed by atoms with Crippen molar-refractivity contribution in [3.05, 3.63) is 36.2 Å². The summed E-state index contributed by atoms with van der Waals surface area (Å²) in [6.45, 7) is 4.39. The van der Waals surface area contributed by atoms with Gasteiger partial charge in [0.2, 0.25) is 0 Å². The molecule has 6 heteroatoms. The molecule has 1 unspecified atom stereocenters. The minimum absolute atomic E-state index is 0.0972. The second-order valence-electron chi connectivity index (χ2n) is 5.26. The third-order valence-electron chi connectivity index (χ3n) is 3.80. The zero-order valence-corrected chi connectivity index (χ0v) is 12.6. The number of carboxylic acid groups (broad SMARTS) is 1. The standard InChI is InChI=1S/C16H20N2O4/c1-3-6-11-7-4-5-8-18(11)15(19)13-9-12(22-2)10-14(17-13)16(20)21/h3,9-11H,1,4-8H2,2H3,(H,20,21). The quantitative estimate of drug-likeness (QED) is 0.845. The third-order valence-corrected chi connectivity index (χ3v) is 3.80. The van der Waals surface area contributed by atoms with Crippen LogP contribution in [0.5, 0.6) is 5.75 Å². The van der Waals surface area contributed by atoms with Crippen molar-refractivity contribution in [3.63, 3.8) is 0 Å². The van der Waals surface area contributed by atoms with E-state index in [1.165, 1.54) is 19.2 Å². The molecule has 118 valence electrons. The smallest absolute Gasteiger partial charge is 0.354 e. The Kier molecular flexibility index (Phi) is 5.14. The number of carboxylic acids is 1. The Hall–Kier alpha value is -2.37. The van der Waals surface area contributed by atoms with Crippen molar-refractivity contribution in [2.45, 2.75) is 31.7 Å². The summed E-state index contributed by atoms with van der Waals surface area (Å²) in [6, 6.07) is 2.88. The number of hydrogen-bond donors (Lipinski definition) is 1. The van der Waals surface area contributed by atoms with Crippen LogP contribution in [0.4, 0.5) is 0 Å². The van der Waals surface area contributed by atoms with E-state index in [0.717, 1.165) is 25.7 Å². The third kappa shape index (κ3) is 3.44. The van der Waals surface area contributed by atoms with E-state index in [4.69, 9.17) is 9.84 Å². The van der Waals surface area contributed by atoms with Crippen LogP contribution in [0, 0.1) is 0 Å². The summed E-state index contributed by atoms with van der Waals surface area (Å²) in [5, 5.41) is 9.10. The van der Waals surface area contributed by atoms with Crippen molar-refractivity contribution in [2.24, 2.45) is 0 Å². The fourth-order valence-corrected chi connectivity index (χ4v) is 2.69. The SMILES string of the molecule is C=CCC1CCCCN1C(=O)c1cc(OC)cc(C(=O)O)n1. The highest BCUT2D eigenvalue weighted by atomic mass is 16.5. The maximum atomic E-state index is 12.7. The van der Waals surface area contributed by atoms with Gasteiger partial charge in [0, 0.05) is 24.7 Å². The van der Waals surface area contributed by atoms with Crippen molar-refractivity contribution in [2.75, 3.05) is 13.7 Å². The molecule has 2 heterocycles. The number of ether oxygens (including phenoxy) is 1. The van der Waals surface area contributed by atoms with E-state index < -0.39 is 5.97 Å². The van der Waals surface area contributed by atoms with Crippen molar-refractivity contribution in [1.29, 1.82) is 0 Å². The van der Waals surface area contributed by atoms with Gasteiger partial charge < -0.3 is 14.7 Å². The van der Waals surface area contributed by atoms with Gasteiger partial charge in [-0.1, -0.05) is 6.08 Å². The number of methoxy groups -OCH3 is 1. The number of hydrogen-bond acceptors (Lipinski definition) is 4. The van der Waals surface area contributed by atoms with E-state index >= 15 is 0 Å². The largest absolute Gasteiger partial charge is 0.497 e. The average molecular weight is 304 g/mol. The first-order chi connectivity index (χ1) is 10.6. The van der Waals surface area contributed by atoms with Crippen LogP contribution in [0.25, 0.3) is 0 Å². The first-order valence-electron chi connectivity index (χ1n) is 7.28. The summed E-state index contributed by atoms with van der Waals surface area (Å²) >= 11 is 0. The highest BCUT2D eigenvalue weighted by Crippen LogP contribution is 2.23. The molecule has 0 bridgehead atoms. The van der Waals surface area contributed by atoms with Crippen LogP contribution in [0.15, 0.2) is 24.8 Å². The van der Waals surface area contributed by atoms with Crippen molar-refractivity contribution < 1.29 is 19.4 Å². The fourth-order valence-electron chi connectivity index (χ4n) is 2.69. The molecule has 2 rings (SSSR count). The lowest BCUT2D eigenvalue weighted by molar-refractivity contribution is 0.0609. The Morgan fingerprint density at radius 2 is 2.18 bits per heavy atom. The Labute approximate surface area is 129 Å². The van der Waals surface area contributed by atoms with Gasteiger partial charge in [-0.05, 0) is 25.7 Å². The summed E-state index contributed by atoms with van der Waals surface area (Å²) in [5.41, 5.74) is -0.0901. The van der Waals surface area contributed by atoms with Crippen molar-refractivity contribution in [3.8, 4) is 5.75 Å². The minimum atomic E-state index is -1.19. The number of likely N-dealkylation sites (tertiary alicyclic amines) is 1. The molecule has 1 amide bonds. The number of amides is 1. The lowest BCUT2D eigenvalue weighted by Crippen LogP contribution is -2.43. The van der Waals surface area contributed by atoms with Gasteiger partial charge in [0.1, 0.15) is 11.4 Å². The molecule has 1 N–H and O–H groups in total. The predicted octanol–water partition coefficient (Wildman–Crippen LogP) is 2.36. The number of carbonyl (C=O) groups excluding carboxylic acids is 1. The van der Waals surface area contributed by atoms with E-state index in [1.54, 1.807) is 11.0 Å². The average Bonchev–Trinajstić information content (AvgIpc) is 2.54. The molecule has 1 fully saturated rings. The molecule has 1 aromatic rings. The number of nitrogens with zero attached hydrogens (tertiary/aromatic N) is 2. The summed E-state index contributed by atoms with van der Waals surface area (Å²) in [7, 11) is 1.43. The van der Waals surface area contributed by atoms with Gasteiger partial charge in [-0.3, -0.25) is 4.79 Å². The maximum Gasteiger partial charge on any atom is 0.354 e. The molecule has 0 spiro atoms. The minimum Gasteiger partial charge on any atom is -0.497 e. The van der Waals surface area contributed by atoms with Crippen LogP contribution in [0.2, 0.25) is 0 Å². The molecule has 1 aromatic heterocycles. The highest BCUT2D eigenvalue weighted by molar-refractivity contribution is 5.95. The summed E-state index contributed by atoms with van der Waals surface area (Å²) < 4.78 is 5.07. The first kappa shape index (κ1) is 16.0. The van der Waals surface area contributed by atoms with Crippen molar-refractivity contribution >= 4 is 11.9 Å². The van der Waals surface area contributed by atoms with Crippen molar-refractivity contribution in [1.82, 2.24) is 9.88 Å². The lowest BCUT2D eigenvalue weighted by atomic mass is 9.99. The second-order valence-corrected chi connectivity index (χ2v) is 5.26. The van der Waals surface area contributed by atoms with Gasteiger partial charge in [0.05, 0.1) is 7.11 Å². The predicted molar refractivity (Wildman–Crippen MR) is 81.2 cm³/mol. The van der Waals surface area contributed by atoms with Gasteiger partial charge in [-0.25, -0.2) is 9.78 Å². The van der Waals surface area contributed by atoms with Crippen LogP contribution in [0.1, 0.15) is 46.7 Å². The van der Waals surface area contributed by atoms with E-state index in [9.17, 15) is 9.59 Å². The van der Waals surface area contributed by atoms with Gasteiger partial charge in [0.25, 0.3) is 5.91 Å². The van der Waals surface area contributed by atoms with Gasteiger partial charge in [0.15, 0.2) is 5.69 Å². The molecule has 22 heavy (non-hydrogen) atoms.